The molecule has 2 heterocycles. The van der Waals surface area contributed by atoms with E-state index < -0.39 is 15.8 Å². The number of hydrogen-bond acceptors (Lipinski definition) is 5. The number of nitriles is 1. The first-order valence-electron chi connectivity index (χ1n) is 5.65. The van der Waals surface area contributed by atoms with Gasteiger partial charge in [0.05, 0.1) is 22.2 Å². The molecule has 0 aliphatic carbocycles. The number of anilines is 1. The van der Waals surface area contributed by atoms with Crippen LogP contribution in [-0.4, -0.2) is 18.4 Å². The molecule has 0 aliphatic heterocycles. The molecule has 21 heavy (non-hydrogen) atoms. The lowest BCUT2D eigenvalue weighted by molar-refractivity contribution is 0.600. The molecule has 0 aliphatic rings. The molecule has 0 amide bonds. The van der Waals surface area contributed by atoms with Gasteiger partial charge in [-0.25, -0.2) is 9.37 Å². The number of H-pyrrole nitrogens is 1. The summed E-state index contributed by atoms with van der Waals surface area (Å²) in [4.78, 5) is 6.44. The van der Waals surface area contributed by atoms with E-state index >= 15 is 0 Å². The largest absolute Gasteiger partial charge is 0.358 e. The second-order valence-electron chi connectivity index (χ2n) is 4.06. The van der Waals surface area contributed by atoms with Gasteiger partial charge >= 0.3 is 0 Å². The normalized spacial score (nSPS) is 11.4. The van der Waals surface area contributed by atoms with Gasteiger partial charge in [0.15, 0.2) is 0 Å². The Morgan fingerprint density at radius 2 is 2.24 bits per heavy atom. The van der Waals surface area contributed by atoms with Gasteiger partial charge in [-0.2, -0.15) is 13.7 Å². The lowest BCUT2D eigenvalue weighted by atomic mass is 10.1. The molecule has 0 unspecified atom stereocenters. The Kier molecular flexibility index (Phi) is 3.12. The van der Waals surface area contributed by atoms with Crippen LogP contribution in [0.25, 0.3) is 10.9 Å². The van der Waals surface area contributed by atoms with E-state index in [0.717, 1.165) is 17.4 Å². The predicted octanol–water partition coefficient (Wildman–Crippen LogP) is 2.44. The van der Waals surface area contributed by atoms with Crippen molar-refractivity contribution in [3.8, 4) is 6.07 Å². The summed E-state index contributed by atoms with van der Waals surface area (Å²) in [6.45, 7) is 0. The number of nitrogens with one attached hydrogen (secondary N) is 2. The van der Waals surface area contributed by atoms with E-state index in [2.05, 4.69) is 14.7 Å². The van der Waals surface area contributed by atoms with Crippen molar-refractivity contribution in [1.82, 2.24) is 9.97 Å². The van der Waals surface area contributed by atoms with Gasteiger partial charge in [0.1, 0.15) is 11.9 Å². The summed E-state index contributed by atoms with van der Waals surface area (Å²) in [7, 11) is -3.84. The summed E-state index contributed by atoms with van der Waals surface area (Å²) in [5, 5.41) is 10.5. The lowest BCUT2D eigenvalue weighted by Gasteiger charge is -2.07. The van der Waals surface area contributed by atoms with Crippen LogP contribution < -0.4 is 4.72 Å². The van der Waals surface area contributed by atoms with Gasteiger partial charge in [0.25, 0.3) is 10.0 Å². The number of rotatable bonds is 3. The maximum Gasteiger partial charge on any atom is 0.289 e. The molecule has 0 radical (unpaired) electrons. The van der Waals surface area contributed by atoms with E-state index in [0.29, 0.717) is 0 Å². The van der Waals surface area contributed by atoms with Crippen molar-refractivity contribution in [2.24, 2.45) is 0 Å². The number of aromatic amines is 1. The number of benzene rings is 1. The Morgan fingerprint density at radius 3 is 2.90 bits per heavy atom. The first-order valence-corrected chi connectivity index (χ1v) is 8.01. The second kappa shape index (κ2) is 4.83. The van der Waals surface area contributed by atoms with Crippen LogP contribution in [0.4, 0.5) is 10.1 Å². The number of hydrogen-bond donors (Lipinski definition) is 2. The first-order chi connectivity index (χ1) is 10.0. The topological polar surface area (TPSA) is 98.6 Å². The van der Waals surface area contributed by atoms with Gasteiger partial charge in [0.2, 0.25) is 4.34 Å². The van der Waals surface area contributed by atoms with Gasteiger partial charge in [0, 0.05) is 17.8 Å². The molecule has 0 atom stereocenters. The molecule has 2 N–H and O–H groups in total. The van der Waals surface area contributed by atoms with Crippen molar-refractivity contribution >= 4 is 38.0 Å². The van der Waals surface area contributed by atoms with Gasteiger partial charge in [-0.3, -0.25) is 4.72 Å². The Labute approximate surface area is 122 Å². The van der Waals surface area contributed by atoms with Gasteiger partial charge in [-0.15, -0.1) is 11.3 Å². The maximum atomic E-state index is 13.8. The Morgan fingerprint density at radius 1 is 1.43 bits per heavy atom. The van der Waals surface area contributed by atoms with E-state index in [1.54, 1.807) is 0 Å². The molecule has 9 heteroatoms. The zero-order valence-electron chi connectivity index (χ0n) is 10.3. The molecule has 0 fully saturated rings. The average Bonchev–Trinajstić information content (AvgIpc) is 3.10. The summed E-state index contributed by atoms with van der Waals surface area (Å²) in [5.41, 5.74) is 0.479. The summed E-state index contributed by atoms with van der Waals surface area (Å²) < 4.78 is 40.3. The Bertz CT molecular complexity index is 955. The molecule has 6 nitrogen and oxygen atoms in total. The van der Waals surface area contributed by atoms with E-state index in [-0.39, 0.29) is 26.5 Å². The summed E-state index contributed by atoms with van der Waals surface area (Å²) >= 11 is 0.969. The molecule has 0 spiro atoms. The van der Waals surface area contributed by atoms with Crippen molar-refractivity contribution in [1.29, 1.82) is 5.26 Å². The van der Waals surface area contributed by atoms with Gasteiger partial charge in [-0.05, 0) is 12.1 Å². The fourth-order valence-corrected chi connectivity index (χ4v) is 3.82. The van der Waals surface area contributed by atoms with Crippen molar-refractivity contribution < 1.29 is 12.8 Å². The summed E-state index contributed by atoms with van der Waals surface area (Å²) in [6.07, 6.45) is 2.71. The third-order valence-electron chi connectivity index (χ3n) is 2.79. The molecular formula is C12H7FN4O2S2. The minimum atomic E-state index is -3.84. The van der Waals surface area contributed by atoms with Crippen LogP contribution in [0.5, 0.6) is 0 Å². The van der Waals surface area contributed by atoms with E-state index in [9.17, 15) is 12.8 Å². The molecule has 2 aromatic heterocycles. The number of thiazole rings is 1. The fraction of sp³-hybridized carbons (Fsp3) is 0. The number of nitrogens with zero attached hydrogens (tertiary/aromatic N) is 2. The summed E-state index contributed by atoms with van der Waals surface area (Å²) in [6, 6.07) is 4.25. The highest BCUT2D eigenvalue weighted by Gasteiger charge is 2.20. The fourth-order valence-electron chi connectivity index (χ4n) is 1.91. The van der Waals surface area contributed by atoms with Crippen molar-refractivity contribution in [3.05, 3.63) is 41.3 Å². The van der Waals surface area contributed by atoms with Gasteiger partial charge < -0.3 is 4.98 Å². The van der Waals surface area contributed by atoms with Crippen LogP contribution in [0.2, 0.25) is 0 Å². The van der Waals surface area contributed by atoms with Crippen LogP contribution in [0, 0.1) is 17.1 Å². The number of sulfonamides is 1. The third-order valence-corrected chi connectivity index (χ3v) is 5.35. The molecule has 3 rings (SSSR count). The van der Waals surface area contributed by atoms with Crippen LogP contribution >= 0.6 is 11.3 Å². The van der Waals surface area contributed by atoms with E-state index in [1.807, 2.05) is 6.07 Å². The molecule has 0 saturated carbocycles. The van der Waals surface area contributed by atoms with Crippen molar-refractivity contribution in [2.75, 3.05) is 4.72 Å². The third kappa shape index (κ3) is 2.24. The highest BCUT2D eigenvalue weighted by molar-refractivity contribution is 7.94. The molecule has 106 valence electrons. The lowest BCUT2D eigenvalue weighted by Crippen LogP contribution is -2.13. The van der Waals surface area contributed by atoms with Crippen LogP contribution in [-0.2, 0) is 10.0 Å². The van der Waals surface area contributed by atoms with Crippen LogP contribution in [0.15, 0.2) is 34.2 Å². The molecule has 0 bridgehead atoms. The highest BCUT2D eigenvalue weighted by Crippen LogP contribution is 2.29. The van der Waals surface area contributed by atoms with Crippen molar-refractivity contribution in [3.63, 3.8) is 0 Å². The summed E-state index contributed by atoms with van der Waals surface area (Å²) in [5.74, 6) is -0.597. The van der Waals surface area contributed by atoms with Crippen molar-refractivity contribution in [2.45, 2.75) is 4.34 Å². The van der Waals surface area contributed by atoms with Crippen LogP contribution in [0.1, 0.15) is 5.56 Å². The quantitative estimate of drug-likeness (QED) is 0.773. The SMILES string of the molecule is N#Cc1c[nH]c2c(NS(=O)(=O)c3nccs3)ccc(F)c12. The number of fused-ring (bicyclic) bond motifs is 1. The predicted molar refractivity (Wildman–Crippen MR) is 75.9 cm³/mol. The number of halogens is 1. The second-order valence-corrected chi connectivity index (χ2v) is 6.81. The van der Waals surface area contributed by atoms with Crippen LogP contribution in [0.3, 0.4) is 0 Å². The molecule has 3 aromatic rings. The monoisotopic (exact) mass is 322 g/mol. The van der Waals surface area contributed by atoms with Gasteiger partial charge in [-0.1, -0.05) is 0 Å². The number of aromatic nitrogens is 2. The molecule has 0 saturated heterocycles. The van der Waals surface area contributed by atoms with E-state index in [4.69, 9.17) is 5.26 Å². The smallest absolute Gasteiger partial charge is 0.289 e. The minimum absolute atomic E-state index is 0.0526. The zero-order valence-corrected chi connectivity index (χ0v) is 11.9. The average molecular weight is 322 g/mol. The maximum absolute atomic E-state index is 13.8. The molecular weight excluding hydrogens is 315 g/mol. The van der Waals surface area contributed by atoms with E-state index in [1.165, 1.54) is 23.8 Å². The minimum Gasteiger partial charge on any atom is -0.358 e. The Hall–Kier alpha value is -2.44. The highest BCUT2D eigenvalue weighted by atomic mass is 32.2. The zero-order chi connectivity index (χ0) is 15.0. The Balaban J connectivity index is 2.13. The standard InChI is InChI=1S/C12H7FN4O2S2/c13-8-1-2-9(11-10(8)7(5-14)6-16-11)17-21(18,19)12-15-3-4-20-12/h1-4,6,16-17H. The first kappa shape index (κ1) is 13.5. The molecule has 1 aromatic carbocycles.